The smallest absolute Gasteiger partial charge is 0.326 e. The van der Waals surface area contributed by atoms with Crippen molar-refractivity contribution in [1.82, 2.24) is 15.1 Å². The van der Waals surface area contributed by atoms with Crippen LogP contribution in [0.5, 0.6) is 0 Å². The Balaban J connectivity index is 2.61. The Morgan fingerprint density at radius 3 is 2.52 bits per heavy atom. The monoisotopic (exact) mass is 299 g/mol. The summed E-state index contributed by atoms with van der Waals surface area (Å²) in [5, 5.41) is 12.2. The number of urea groups is 1. The van der Waals surface area contributed by atoms with E-state index in [0.717, 1.165) is 25.8 Å². The van der Waals surface area contributed by atoms with Crippen molar-refractivity contribution in [3.63, 3.8) is 0 Å². The number of nitrogens with one attached hydrogen (secondary N) is 1. The summed E-state index contributed by atoms with van der Waals surface area (Å²) in [6.07, 6.45) is 3.27. The second kappa shape index (κ2) is 7.64. The molecule has 21 heavy (non-hydrogen) atoms. The van der Waals surface area contributed by atoms with Crippen LogP contribution in [0.4, 0.5) is 4.79 Å². The van der Waals surface area contributed by atoms with Crippen molar-refractivity contribution < 1.29 is 14.7 Å². The predicted octanol–water partition coefficient (Wildman–Crippen LogP) is 1.61. The molecule has 1 aliphatic rings. The Morgan fingerprint density at radius 2 is 1.95 bits per heavy atom. The molecule has 1 fully saturated rings. The average Bonchev–Trinajstić information content (AvgIpc) is 2.60. The van der Waals surface area contributed by atoms with Crippen LogP contribution in [0.25, 0.3) is 0 Å². The number of carboxylic acids is 1. The molecule has 1 aliphatic heterocycles. The Bertz CT molecular complexity index is 369. The molecule has 1 saturated heterocycles. The number of nitrogens with zero attached hydrogens (tertiary/aromatic N) is 2. The maximum absolute atomic E-state index is 12.3. The normalized spacial score (nSPS) is 20.2. The van der Waals surface area contributed by atoms with Gasteiger partial charge in [0.1, 0.15) is 6.04 Å². The van der Waals surface area contributed by atoms with Crippen LogP contribution in [0, 0.1) is 5.41 Å². The Hall–Kier alpha value is -1.30. The maximum Gasteiger partial charge on any atom is 0.326 e. The molecule has 0 spiro atoms. The molecule has 1 heterocycles. The van der Waals surface area contributed by atoms with Gasteiger partial charge in [0.25, 0.3) is 0 Å². The Morgan fingerprint density at radius 1 is 1.29 bits per heavy atom. The van der Waals surface area contributed by atoms with Gasteiger partial charge in [0, 0.05) is 19.6 Å². The summed E-state index contributed by atoms with van der Waals surface area (Å²) in [4.78, 5) is 27.2. The number of rotatable bonds is 5. The average molecular weight is 299 g/mol. The van der Waals surface area contributed by atoms with Gasteiger partial charge in [-0.2, -0.15) is 0 Å². The lowest BCUT2D eigenvalue weighted by molar-refractivity contribution is -0.142. The maximum atomic E-state index is 12.3. The van der Waals surface area contributed by atoms with E-state index >= 15 is 0 Å². The molecule has 0 aromatic rings. The van der Waals surface area contributed by atoms with Crippen molar-refractivity contribution in [3.05, 3.63) is 0 Å². The van der Waals surface area contributed by atoms with Crippen molar-refractivity contribution in [1.29, 1.82) is 0 Å². The summed E-state index contributed by atoms with van der Waals surface area (Å²) in [7, 11) is 4.00. The van der Waals surface area contributed by atoms with E-state index in [-0.39, 0.29) is 11.4 Å². The van der Waals surface area contributed by atoms with Crippen molar-refractivity contribution in [2.75, 3.05) is 33.7 Å². The third-order valence-electron chi connectivity index (χ3n) is 3.76. The van der Waals surface area contributed by atoms with E-state index in [2.05, 4.69) is 24.1 Å². The van der Waals surface area contributed by atoms with Gasteiger partial charge in [-0.3, -0.25) is 0 Å². The zero-order valence-electron chi connectivity index (χ0n) is 13.7. The second-order valence-corrected chi connectivity index (χ2v) is 6.96. The minimum atomic E-state index is -0.903. The van der Waals surface area contributed by atoms with Gasteiger partial charge in [0.15, 0.2) is 0 Å². The zero-order valence-corrected chi connectivity index (χ0v) is 13.7. The molecule has 0 radical (unpaired) electrons. The fourth-order valence-corrected chi connectivity index (χ4v) is 2.94. The number of carboxylic acid groups (broad SMARTS) is 1. The first-order valence-corrected chi connectivity index (χ1v) is 7.65. The van der Waals surface area contributed by atoms with Crippen LogP contribution in [0.2, 0.25) is 0 Å². The van der Waals surface area contributed by atoms with Gasteiger partial charge in [-0.15, -0.1) is 0 Å². The van der Waals surface area contributed by atoms with Gasteiger partial charge < -0.3 is 20.2 Å². The first-order chi connectivity index (χ1) is 9.73. The molecule has 1 unspecified atom stereocenters. The van der Waals surface area contributed by atoms with E-state index in [1.54, 1.807) is 0 Å². The molecular formula is C15H29N3O3. The number of aliphatic carboxylic acids is 1. The SMILES string of the molecule is CN(C)CC(C)(C)CNC(=O)N1CCCCCC1C(=O)O. The molecule has 2 amide bonds. The summed E-state index contributed by atoms with van der Waals surface area (Å²) in [6, 6.07) is -0.944. The zero-order chi connectivity index (χ0) is 16.0. The van der Waals surface area contributed by atoms with E-state index < -0.39 is 12.0 Å². The van der Waals surface area contributed by atoms with E-state index in [1.807, 2.05) is 14.1 Å². The summed E-state index contributed by atoms with van der Waals surface area (Å²) >= 11 is 0. The van der Waals surface area contributed by atoms with E-state index in [4.69, 9.17) is 0 Å². The summed E-state index contributed by atoms with van der Waals surface area (Å²) in [5.41, 5.74) is -0.0519. The molecule has 1 atom stereocenters. The highest BCUT2D eigenvalue weighted by Gasteiger charge is 2.31. The number of carbonyl (C=O) groups excluding carboxylic acids is 1. The number of hydrogen-bond acceptors (Lipinski definition) is 3. The topological polar surface area (TPSA) is 72.9 Å². The molecule has 0 bridgehead atoms. The third-order valence-corrected chi connectivity index (χ3v) is 3.76. The quantitative estimate of drug-likeness (QED) is 0.809. The molecule has 0 aromatic carbocycles. The van der Waals surface area contributed by atoms with Gasteiger partial charge in [0.05, 0.1) is 0 Å². The number of carbonyl (C=O) groups is 2. The fraction of sp³-hybridized carbons (Fsp3) is 0.867. The van der Waals surface area contributed by atoms with E-state index in [9.17, 15) is 14.7 Å². The summed E-state index contributed by atoms with van der Waals surface area (Å²) in [5.74, 6) is -0.903. The van der Waals surface area contributed by atoms with Crippen molar-refractivity contribution in [2.24, 2.45) is 5.41 Å². The highest BCUT2D eigenvalue weighted by atomic mass is 16.4. The predicted molar refractivity (Wildman–Crippen MR) is 82.3 cm³/mol. The summed E-state index contributed by atoms with van der Waals surface area (Å²) in [6.45, 7) is 6.09. The molecule has 0 aromatic heterocycles. The highest BCUT2D eigenvalue weighted by molar-refractivity contribution is 5.82. The standard InChI is InChI=1S/C15H29N3O3/c1-15(2,11-17(3)4)10-16-14(21)18-9-7-5-6-8-12(18)13(19)20/h12H,5-11H2,1-4H3,(H,16,21)(H,19,20). The summed E-state index contributed by atoms with van der Waals surface area (Å²) < 4.78 is 0. The van der Waals surface area contributed by atoms with Gasteiger partial charge in [-0.1, -0.05) is 26.7 Å². The van der Waals surface area contributed by atoms with Crippen LogP contribution < -0.4 is 5.32 Å². The Kier molecular flexibility index (Phi) is 6.45. The Labute approximate surface area is 127 Å². The second-order valence-electron chi connectivity index (χ2n) is 6.96. The molecule has 122 valence electrons. The third kappa shape index (κ3) is 5.91. The molecule has 6 heteroatoms. The largest absolute Gasteiger partial charge is 0.480 e. The first kappa shape index (κ1) is 17.8. The van der Waals surface area contributed by atoms with Crippen LogP contribution >= 0.6 is 0 Å². The number of amides is 2. The fourth-order valence-electron chi connectivity index (χ4n) is 2.94. The highest BCUT2D eigenvalue weighted by Crippen LogP contribution is 2.18. The molecule has 0 aliphatic carbocycles. The molecule has 1 rings (SSSR count). The van der Waals surface area contributed by atoms with Gasteiger partial charge in [-0.25, -0.2) is 9.59 Å². The minimum Gasteiger partial charge on any atom is -0.480 e. The first-order valence-electron chi connectivity index (χ1n) is 7.65. The lowest BCUT2D eigenvalue weighted by Crippen LogP contribution is -2.51. The van der Waals surface area contributed by atoms with E-state index in [1.165, 1.54) is 4.90 Å². The molecule has 2 N–H and O–H groups in total. The van der Waals surface area contributed by atoms with E-state index in [0.29, 0.717) is 19.5 Å². The minimum absolute atomic E-state index is 0.0519. The van der Waals surface area contributed by atoms with Crippen LogP contribution in [-0.2, 0) is 4.79 Å². The molecular weight excluding hydrogens is 270 g/mol. The lowest BCUT2D eigenvalue weighted by Gasteiger charge is -2.31. The van der Waals surface area contributed by atoms with Crippen molar-refractivity contribution >= 4 is 12.0 Å². The molecule has 0 saturated carbocycles. The van der Waals surface area contributed by atoms with Crippen molar-refractivity contribution in [2.45, 2.75) is 45.6 Å². The van der Waals surface area contributed by atoms with Crippen molar-refractivity contribution in [3.8, 4) is 0 Å². The van der Waals surface area contributed by atoms with Crippen LogP contribution in [0.3, 0.4) is 0 Å². The molecule has 6 nitrogen and oxygen atoms in total. The van der Waals surface area contributed by atoms with Crippen LogP contribution in [-0.4, -0.2) is 66.7 Å². The number of hydrogen-bond donors (Lipinski definition) is 2. The lowest BCUT2D eigenvalue weighted by atomic mass is 9.93. The van der Waals surface area contributed by atoms with Gasteiger partial charge >= 0.3 is 12.0 Å². The van der Waals surface area contributed by atoms with Gasteiger partial charge in [0.2, 0.25) is 0 Å². The van der Waals surface area contributed by atoms with Crippen LogP contribution in [0.1, 0.15) is 39.5 Å². The van der Waals surface area contributed by atoms with Crippen LogP contribution in [0.15, 0.2) is 0 Å². The van der Waals surface area contributed by atoms with Gasteiger partial charge in [-0.05, 0) is 32.4 Å². The number of likely N-dealkylation sites (tertiary alicyclic amines) is 1.